The number of aldehydes is 1. The molecule has 0 aliphatic carbocycles. The maximum absolute atomic E-state index is 10.8. The van der Waals surface area contributed by atoms with Crippen LogP contribution in [-0.4, -0.2) is 42.8 Å². The first-order valence-electron chi connectivity index (χ1n) is 23.0. The second kappa shape index (κ2) is 31.6. The van der Waals surface area contributed by atoms with Gasteiger partial charge in [0.1, 0.15) is 11.5 Å². The van der Waals surface area contributed by atoms with Gasteiger partial charge in [-0.1, -0.05) is 115 Å². The number of rotatable bonds is 18. The van der Waals surface area contributed by atoms with Crippen molar-refractivity contribution in [2.45, 2.75) is 59.3 Å². The minimum Gasteiger partial charge on any atom is -0.493 e. The Bertz CT molecular complexity index is 2380. The molecule has 0 aromatic heterocycles. The quantitative estimate of drug-likeness (QED) is 0.0388. The SMILES string of the molecule is CC/C=C/c1cc(OCCc2ccccc2)ccc1B(O)O.CCCP(Br)(c1ccccc1)(c1ccccc1)c1ccccc1.O=Cc1cc(OCCc2ccccc2)ccc1Br.[CH2-]CCC.[Li+]. The molecular formula is C58H65BBr2LiO5P. The van der Waals surface area contributed by atoms with Crippen molar-refractivity contribution in [3.8, 4) is 11.5 Å². The number of hydrogen-bond donors (Lipinski definition) is 2. The van der Waals surface area contributed by atoms with Gasteiger partial charge in [0.2, 0.25) is 0 Å². The van der Waals surface area contributed by atoms with E-state index in [2.05, 4.69) is 167 Å². The maximum atomic E-state index is 10.8. The standard InChI is InChI=1S/C21H22BrP.C18H21BO3.C15H13BrO2.C4H9.Li/c1-2-18-23(22,19-12-6-3-7-13-19,20-14-8-4-9-15-20)21-16-10-5-11-17-21;1-2-3-9-16-14-17(10-11-18(16)19(20)21)22-13-12-15-7-5-4-6-8-15;16-15-7-6-14(10-13(15)11-17)18-9-8-12-4-2-1-3-5-12;1-3-4-2;/h3-17H,2,18H2,1H3;3-11,14,20-21H,2,12-13H2,1H3;1-7,10-11H,8-9H2;1,3-4H2,2H3;/q;;;-1;+1/b;9-3+;;;. The van der Waals surface area contributed by atoms with Crippen LogP contribution in [-0.2, 0) is 12.8 Å². The molecule has 0 atom stereocenters. The molecule has 0 aliphatic heterocycles. The molecule has 350 valence electrons. The molecule has 68 heavy (non-hydrogen) atoms. The van der Waals surface area contributed by atoms with E-state index in [0.29, 0.717) is 24.2 Å². The molecule has 7 aromatic carbocycles. The van der Waals surface area contributed by atoms with Crippen LogP contribution < -0.4 is 49.7 Å². The van der Waals surface area contributed by atoms with Crippen molar-refractivity contribution in [1.29, 1.82) is 0 Å². The first-order chi connectivity index (χ1) is 32.6. The summed E-state index contributed by atoms with van der Waals surface area (Å²) in [4.78, 5) is 10.8. The summed E-state index contributed by atoms with van der Waals surface area (Å²) in [7, 11) is -1.48. The number of benzene rings is 7. The van der Waals surface area contributed by atoms with Gasteiger partial charge in [-0.25, -0.2) is 0 Å². The van der Waals surface area contributed by atoms with Crippen LogP contribution in [0.25, 0.3) is 6.08 Å². The number of unbranched alkanes of at least 4 members (excludes halogenated alkanes) is 1. The van der Waals surface area contributed by atoms with Crippen molar-refractivity contribution in [2.75, 3.05) is 19.4 Å². The molecule has 0 bridgehead atoms. The molecule has 10 heteroatoms. The molecule has 0 amide bonds. The molecule has 0 saturated carbocycles. The second-order valence-corrected chi connectivity index (χ2v) is 25.6. The topological polar surface area (TPSA) is 76.0 Å². The average molecular weight is 1050 g/mol. The Hall–Kier alpha value is -4.48. The third-order valence-corrected chi connectivity index (χ3v) is 21.7. The van der Waals surface area contributed by atoms with Gasteiger partial charge < -0.3 is 26.4 Å². The van der Waals surface area contributed by atoms with E-state index < -0.39 is 12.4 Å². The minimum atomic E-state index is -2.62. The first-order valence-corrected chi connectivity index (χ1v) is 28.3. The summed E-state index contributed by atoms with van der Waals surface area (Å²) in [6.45, 7) is 11.2. The van der Waals surface area contributed by atoms with Crippen molar-refractivity contribution in [1.82, 2.24) is 0 Å². The van der Waals surface area contributed by atoms with E-state index in [-0.39, 0.29) is 18.9 Å². The van der Waals surface area contributed by atoms with Crippen LogP contribution in [0.3, 0.4) is 0 Å². The van der Waals surface area contributed by atoms with Gasteiger partial charge in [0, 0.05) is 22.9 Å². The van der Waals surface area contributed by atoms with Crippen molar-refractivity contribution in [2.24, 2.45) is 0 Å². The molecule has 0 heterocycles. The van der Waals surface area contributed by atoms with Crippen LogP contribution in [0.1, 0.15) is 73.5 Å². The Balaban J connectivity index is 0.000000259. The summed E-state index contributed by atoms with van der Waals surface area (Å²) in [5.41, 5.74) is 4.34. The van der Waals surface area contributed by atoms with Gasteiger partial charge in [-0.2, -0.15) is 6.42 Å². The van der Waals surface area contributed by atoms with Crippen LogP contribution in [0.15, 0.2) is 199 Å². The molecule has 0 spiro atoms. The number of allylic oxidation sites excluding steroid dienone is 1. The molecule has 5 nitrogen and oxygen atoms in total. The van der Waals surface area contributed by atoms with Crippen molar-refractivity contribution < 1.29 is 43.2 Å². The summed E-state index contributed by atoms with van der Waals surface area (Å²) in [6.07, 6.45) is 11.8. The van der Waals surface area contributed by atoms with Crippen LogP contribution >= 0.6 is 36.7 Å². The zero-order valence-corrected chi connectivity index (χ0v) is 44.2. The van der Waals surface area contributed by atoms with E-state index in [1.54, 1.807) is 18.2 Å². The fourth-order valence-electron chi connectivity index (χ4n) is 7.30. The number of halogens is 2. The Morgan fingerprint density at radius 3 is 1.35 bits per heavy atom. The molecule has 0 radical (unpaired) electrons. The van der Waals surface area contributed by atoms with Crippen LogP contribution in [0.2, 0.25) is 0 Å². The fourth-order valence-corrected chi connectivity index (χ4v) is 15.7. The van der Waals surface area contributed by atoms with Gasteiger partial charge in [0.15, 0.2) is 6.29 Å². The second-order valence-electron chi connectivity index (χ2n) is 15.7. The fraction of sp³-hybridized carbons (Fsp3) is 0.207. The number of hydrogen-bond acceptors (Lipinski definition) is 5. The predicted octanol–water partition coefficient (Wildman–Crippen LogP) is 10.2. The molecule has 7 rings (SSSR count). The third kappa shape index (κ3) is 17.5. The Morgan fingerprint density at radius 1 is 0.588 bits per heavy atom. The Morgan fingerprint density at radius 2 is 0.985 bits per heavy atom. The van der Waals surface area contributed by atoms with Gasteiger partial charge in [-0.05, 0) is 58.9 Å². The molecule has 2 N–H and O–H groups in total. The smallest absolute Gasteiger partial charge is 0.493 e. The number of carbonyl (C=O) groups excluding carboxylic acids is 1. The van der Waals surface area contributed by atoms with Crippen LogP contribution in [0.4, 0.5) is 0 Å². The van der Waals surface area contributed by atoms with Crippen molar-refractivity contribution >= 4 is 77.6 Å². The zero-order chi connectivity index (χ0) is 48.2. The Kier molecular flexibility index (Phi) is 26.9. The monoisotopic (exact) mass is 1050 g/mol. The first kappa shape index (κ1) is 57.8. The van der Waals surface area contributed by atoms with E-state index in [1.165, 1.54) is 33.5 Å². The van der Waals surface area contributed by atoms with E-state index in [4.69, 9.17) is 9.47 Å². The number of carbonyl (C=O) groups is 1. The third-order valence-electron chi connectivity index (χ3n) is 10.8. The average Bonchev–Trinajstić information content (AvgIpc) is 3.38. The van der Waals surface area contributed by atoms with Gasteiger partial charge in [0.05, 0.1) is 13.2 Å². The molecule has 0 saturated heterocycles. The summed E-state index contributed by atoms with van der Waals surface area (Å²) < 4.78 is 12.2. The van der Waals surface area contributed by atoms with Crippen LogP contribution in [0, 0.1) is 6.92 Å². The molecule has 0 aliphatic rings. The minimum absolute atomic E-state index is 0. The maximum Gasteiger partial charge on any atom is 1.00 e. The molecule has 0 unspecified atom stereocenters. The van der Waals surface area contributed by atoms with Crippen molar-refractivity contribution in [3.63, 3.8) is 0 Å². The summed E-state index contributed by atoms with van der Waals surface area (Å²) >= 11 is 7.72. The van der Waals surface area contributed by atoms with E-state index in [9.17, 15) is 14.8 Å². The molecule has 0 fully saturated rings. The predicted molar refractivity (Wildman–Crippen MR) is 296 cm³/mol. The normalized spacial score (nSPS) is 11.1. The van der Waals surface area contributed by atoms with Crippen molar-refractivity contribution in [3.05, 3.63) is 228 Å². The summed E-state index contributed by atoms with van der Waals surface area (Å²) in [5, 5.41) is 20.4. The van der Waals surface area contributed by atoms with Gasteiger partial charge in [-0.15, -0.1) is 0 Å². The van der Waals surface area contributed by atoms with E-state index >= 15 is 0 Å². The largest absolute Gasteiger partial charge is 1.00 e. The number of ether oxygens (including phenoxy) is 2. The molecular weight excluding hydrogens is 985 g/mol. The van der Waals surface area contributed by atoms with Gasteiger partial charge >= 0.3 is 173 Å². The molecule has 7 aromatic rings. The summed E-state index contributed by atoms with van der Waals surface area (Å²) in [6, 6.07) is 63.9. The Labute approximate surface area is 435 Å². The van der Waals surface area contributed by atoms with E-state index in [0.717, 1.165) is 66.1 Å². The van der Waals surface area contributed by atoms with Crippen LogP contribution in [0.5, 0.6) is 11.5 Å². The van der Waals surface area contributed by atoms with E-state index in [1.807, 2.05) is 73.7 Å². The van der Waals surface area contributed by atoms with Gasteiger partial charge in [0.25, 0.3) is 0 Å². The zero-order valence-electron chi connectivity index (χ0n) is 40.1. The summed E-state index contributed by atoms with van der Waals surface area (Å²) in [5.74, 6) is 1.45. The van der Waals surface area contributed by atoms with Gasteiger partial charge in [-0.3, -0.25) is 4.79 Å².